The van der Waals surface area contributed by atoms with Gasteiger partial charge in [0.05, 0.1) is 12.6 Å². The summed E-state index contributed by atoms with van der Waals surface area (Å²) in [5, 5.41) is 0. The smallest absolute Gasteiger partial charge is 0.444 e. The first-order valence-electron chi connectivity index (χ1n) is 8.48. The summed E-state index contributed by atoms with van der Waals surface area (Å²) in [5.41, 5.74) is -0.0858. The van der Waals surface area contributed by atoms with Crippen LogP contribution in [0.2, 0.25) is 0 Å². The van der Waals surface area contributed by atoms with Crippen LogP contribution >= 0.6 is 0 Å². The molecule has 0 N–H and O–H groups in total. The van der Waals surface area contributed by atoms with Crippen molar-refractivity contribution in [2.75, 3.05) is 6.61 Å². The largest absolute Gasteiger partial charge is 1.00 e. The third-order valence-electron chi connectivity index (χ3n) is 3.86. The first-order valence-corrected chi connectivity index (χ1v) is 8.48. The number of rotatable bonds is 4. The fourth-order valence-corrected chi connectivity index (χ4v) is 2.79. The molecule has 0 aliphatic carbocycles. The second-order valence-electron chi connectivity index (χ2n) is 7.56. The van der Waals surface area contributed by atoms with Gasteiger partial charge in [-0.15, -0.1) is 42.5 Å². The van der Waals surface area contributed by atoms with Gasteiger partial charge in [-0.3, -0.25) is 4.90 Å². The van der Waals surface area contributed by atoms with Gasteiger partial charge in [0.15, 0.2) is 0 Å². The number of amides is 1. The van der Waals surface area contributed by atoms with Crippen molar-refractivity contribution in [1.82, 2.24) is 4.90 Å². The molecule has 1 aromatic rings. The van der Waals surface area contributed by atoms with E-state index in [0.29, 0.717) is 6.61 Å². The SMILES string of the molecule is CC(C)(C)OC(=O)N1[C@@H](CC/C=C/c2[c-]cccc2)COC1(C)C.[Li+]. The molecule has 5 heteroatoms. The third-order valence-corrected chi connectivity index (χ3v) is 3.86. The molecule has 0 radical (unpaired) electrons. The van der Waals surface area contributed by atoms with Gasteiger partial charge in [-0.2, -0.15) is 5.56 Å². The molecule has 0 aromatic heterocycles. The number of carbonyl (C=O) groups excluding carboxylic acids is 1. The van der Waals surface area contributed by atoms with E-state index < -0.39 is 11.3 Å². The first-order chi connectivity index (χ1) is 11.2. The van der Waals surface area contributed by atoms with Crippen molar-refractivity contribution in [2.24, 2.45) is 0 Å². The first kappa shape index (κ1) is 21.8. The molecule has 132 valence electrons. The van der Waals surface area contributed by atoms with Crippen molar-refractivity contribution >= 4 is 12.2 Å². The van der Waals surface area contributed by atoms with Gasteiger partial charge in [-0.05, 0) is 47.5 Å². The number of benzene rings is 1. The molecule has 1 saturated heterocycles. The Morgan fingerprint density at radius 2 is 2.16 bits per heavy atom. The Bertz CT molecular complexity index is 578. The van der Waals surface area contributed by atoms with E-state index in [2.05, 4.69) is 18.2 Å². The van der Waals surface area contributed by atoms with Crippen LogP contribution in [0.5, 0.6) is 0 Å². The van der Waals surface area contributed by atoms with E-state index in [1.54, 1.807) is 4.90 Å². The summed E-state index contributed by atoms with van der Waals surface area (Å²) in [7, 11) is 0. The molecule has 4 nitrogen and oxygen atoms in total. The van der Waals surface area contributed by atoms with E-state index in [0.717, 1.165) is 18.4 Å². The molecule has 1 aromatic carbocycles. The summed E-state index contributed by atoms with van der Waals surface area (Å²) < 4.78 is 11.4. The molecule has 0 spiro atoms. The molecule has 0 saturated carbocycles. The monoisotopic (exact) mass is 337 g/mol. The van der Waals surface area contributed by atoms with Gasteiger partial charge in [-0.25, -0.2) is 4.79 Å². The topological polar surface area (TPSA) is 38.8 Å². The minimum absolute atomic E-state index is 0. The Morgan fingerprint density at radius 1 is 1.44 bits per heavy atom. The molecule has 0 bridgehead atoms. The van der Waals surface area contributed by atoms with Crippen molar-refractivity contribution in [3.8, 4) is 0 Å². The molecular weight excluding hydrogens is 309 g/mol. The van der Waals surface area contributed by atoms with Gasteiger partial charge in [0, 0.05) is 0 Å². The summed E-state index contributed by atoms with van der Waals surface area (Å²) in [6.45, 7) is 9.99. The van der Waals surface area contributed by atoms with Crippen LogP contribution in [-0.2, 0) is 9.47 Å². The molecule has 2 rings (SSSR count). The van der Waals surface area contributed by atoms with Gasteiger partial charge >= 0.3 is 25.0 Å². The molecule has 1 aliphatic rings. The number of ether oxygens (including phenoxy) is 2. The number of nitrogens with zero attached hydrogens (tertiary/aromatic N) is 1. The van der Waals surface area contributed by atoms with Crippen LogP contribution in [0.3, 0.4) is 0 Å². The zero-order valence-corrected chi connectivity index (χ0v) is 16.3. The van der Waals surface area contributed by atoms with E-state index in [1.807, 2.05) is 58.9 Å². The minimum atomic E-state index is -0.635. The Balaban J connectivity index is 0.00000312. The maximum atomic E-state index is 12.5. The van der Waals surface area contributed by atoms with E-state index >= 15 is 0 Å². The second kappa shape index (κ2) is 8.94. The van der Waals surface area contributed by atoms with Crippen molar-refractivity contribution in [3.05, 3.63) is 42.0 Å². The molecule has 1 fully saturated rings. The second-order valence-corrected chi connectivity index (χ2v) is 7.56. The summed E-state index contributed by atoms with van der Waals surface area (Å²) in [6.07, 6.45) is 5.57. The van der Waals surface area contributed by atoms with E-state index in [-0.39, 0.29) is 31.0 Å². The molecule has 25 heavy (non-hydrogen) atoms. The Labute approximate surface area is 163 Å². The fourth-order valence-electron chi connectivity index (χ4n) is 2.79. The standard InChI is InChI=1S/C20H28NO3.Li/c1-19(2,3)24-18(22)21-17(15-23-20(21,4)5)14-10-9-13-16-11-7-6-8-12-16;/h6-9,11,13,17H,10,14-15H2,1-5H3;/q-1;+1/b13-9+;/t17-;/m0./s1. The predicted molar refractivity (Wildman–Crippen MR) is 95.4 cm³/mol. The van der Waals surface area contributed by atoms with Crippen LogP contribution in [0.4, 0.5) is 4.79 Å². The fraction of sp³-hybridized carbons (Fsp3) is 0.550. The van der Waals surface area contributed by atoms with Crippen LogP contribution < -0.4 is 18.9 Å². The number of carbonyl (C=O) groups is 1. The minimum Gasteiger partial charge on any atom is -0.444 e. The van der Waals surface area contributed by atoms with E-state index in [9.17, 15) is 4.79 Å². The summed E-state index contributed by atoms with van der Waals surface area (Å²) in [5.74, 6) is 0. The van der Waals surface area contributed by atoms with Crippen molar-refractivity contribution in [1.29, 1.82) is 0 Å². The van der Waals surface area contributed by atoms with Crippen LogP contribution in [0, 0.1) is 6.07 Å². The normalized spacial score (nSPS) is 19.7. The molecule has 1 amide bonds. The van der Waals surface area contributed by atoms with Crippen LogP contribution in [0.25, 0.3) is 6.08 Å². The van der Waals surface area contributed by atoms with Gasteiger partial charge in [0.1, 0.15) is 11.3 Å². The molecule has 1 atom stereocenters. The van der Waals surface area contributed by atoms with Gasteiger partial charge in [-0.1, -0.05) is 0 Å². The maximum absolute atomic E-state index is 12.5. The molecular formula is C20H28LiNO3. The quantitative estimate of drug-likeness (QED) is 0.620. The van der Waals surface area contributed by atoms with Crippen LogP contribution in [0.1, 0.15) is 53.0 Å². The Morgan fingerprint density at radius 3 is 2.76 bits per heavy atom. The van der Waals surface area contributed by atoms with Gasteiger partial charge in [0.25, 0.3) is 0 Å². The van der Waals surface area contributed by atoms with E-state index in [4.69, 9.17) is 9.47 Å². The zero-order chi connectivity index (χ0) is 17.8. The zero-order valence-electron chi connectivity index (χ0n) is 16.3. The summed E-state index contributed by atoms with van der Waals surface area (Å²) in [4.78, 5) is 14.3. The average Bonchev–Trinajstić information content (AvgIpc) is 2.78. The van der Waals surface area contributed by atoms with Crippen LogP contribution in [0.15, 0.2) is 30.3 Å². The molecule has 1 heterocycles. The number of allylic oxidation sites excluding steroid dienone is 1. The Kier molecular flexibility index (Phi) is 7.80. The van der Waals surface area contributed by atoms with E-state index in [1.165, 1.54) is 0 Å². The van der Waals surface area contributed by atoms with Crippen molar-refractivity contribution < 1.29 is 33.1 Å². The molecule has 1 aliphatic heterocycles. The average molecular weight is 337 g/mol. The van der Waals surface area contributed by atoms with Gasteiger partial charge < -0.3 is 9.47 Å². The third kappa shape index (κ3) is 6.55. The number of hydrogen-bond donors (Lipinski definition) is 0. The summed E-state index contributed by atoms with van der Waals surface area (Å²) >= 11 is 0. The van der Waals surface area contributed by atoms with Crippen LogP contribution in [-0.4, -0.2) is 35.0 Å². The van der Waals surface area contributed by atoms with Crippen molar-refractivity contribution in [3.63, 3.8) is 0 Å². The van der Waals surface area contributed by atoms with Crippen molar-refractivity contribution in [2.45, 2.75) is 64.8 Å². The molecule has 0 unspecified atom stereocenters. The number of hydrogen-bond acceptors (Lipinski definition) is 3. The maximum Gasteiger partial charge on any atom is 1.00 e. The van der Waals surface area contributed by atoms with Gasteiger partial charge in [0.2, 0.25) is 0 Å². The predicted octanol–water partition coefficient (Wildman–Crippen LogP) is 1.66. The summed E-state index contributed by atoms with van der Waals surface area (Å²) in [6, 6.07) is 11.1. The Hall–Kier alpha value is -1.21.